The first-order valence-corrected chi connectivity index (χ1v) is 11.5. The van der Waals surface area contributed by atoms with Gasteiger partial charge in [-0.15, -0.1) is 0 Å². The molecule has 0 radical (unpaired) electrons. The van der Waals surface area contributed by atoms with E-state index in [1.54, 1.807) is 6.92 Å². The number of carbonyl (C=O) groups is 1. The number of rotatable bonds is 6. The molecule has 6 bridgehead atoms. The van der Waals surface area contributed by atoms with Crippen LogP contribution in [-0.2, 0) is 23.7 Å². The number of esters is 1. The third kappa shape index (κ3) is 2.80. The van der Waals surface area contributed by atoms with Gasteiger partial charge in [-0.3, -0.25) is 0 Å². The van der Waals surface area contributed by atoms with Crippen LogP contribution in [0.25, 0.3) is 0 Å². The van der Waals surface area contributed by atoms with Crippen LogP contribution in [0.5, 0.6) is 5.75 Å². The van der Waals surface area contributed by atoms with E-state index in [-0.39, 0.29) is 30.8 Å². The van der Waals surface area contributed by atoms with Gasteiger partial charge in [0, 0.05) is 12.3 Å². The predicted octanol–water partition coefficient (Wildman–Crippen LogP) is -1.65. The summed E-state index contributed by atoms with van der Waals surface area (Å²) in [6.45, 7) is 0.878. The lowest BCUT2D eigenvalue weighted by molar-refractivity contribution is -0.424. The van der Waals surface area contributed by atoms with Gasteiger partial charge in [0.05, 0.1) is 17.6 Å². The Morgan fingerprint density at radius 2 is 1.83 bits per heavy atom. The molecule has 7 aliphatic rings. The van der Waals surface area contributed by atoms with Crippen LogP contribution >= 0.6 is 0 Å². The number of benzene rings is 1. The van der Waals surface area contributed by atoms with Crippen LogP contribution in [0.4, 0.5) is 0 Å². The van der Waals surface area contributed by atoms with Gasteiger partial charge in [0.2, 0.25) is 0 Å². The zero-order chi connectivity index (χ0) is 25.0. The summed E-state index contributed by atoms with van der Waals surface area (Å²) in [5.74, 6) is -2.68. The van der Waals surface area contributed by atoms with Crippen LogP contribution in [0, 0.1) is 11.3 Å². The molecule has 4 saturated heterocycles. The fourth-order valence-electron chi connectivity index (χ4n) is 6.90. The van der Waals surface area contributed by atoms with Crippen molar-refractivity contribution < 1.29 is 59.1 Å². The van der Waals surface area contributed by atoms with E-state index in [0.29, 0.717) is 0 Å². The highest BCUT2D eigenvalue weighted by Crippen LogP contribution is 2.81. The summed E-state index contributed by atoms with van der Waals surface area (Å²) in [6, 6.07) is 5.54. The van der Waals surface area contributed by atoms with Gasteiger partial charge >= 0.3 is 5.97 Å². The second-order valence-electron chi connectivity index (χ2n) is 10.4. The molecule has 1 aromatic rings. The molecule has 0 amide bonds. The lowest BCUT2D eigenvalue weighted by Gasteiger charge is -2.67. The minimum absolute atomic E-state index is 0.00282. The largest absolute Gasteiger partial charge is 0.508 e. The van der Waals surface area contributed by atoms with Gasteiger partial charge in [-0.1, -0.05) is 0 Å². The van der Waals surface area contributed by atoms with Crippen LogP contribution in [0.2, 0.25) is 0 Å². The van der Waals surface area contributed by atoms with Gasteiger partial charge in [-0.25, -0.2) is 4.79 Å². The topological polar surface area (TPSA) is 185 Å². The summed E-state index contributed by atoms with van der Waals surface area (Å²) >= 11 is 0. The van der Waals surface area contributed by atoms with Gasteiger partial charge in [0.15, 0.2) is 18.4 Å². The summed E-state index contributed by atoms with van der Waals surface area (Å²) in [5.41, 5.74) is -3.27. The number of aliphatic hydroxyl groups excluding tert-OH is 4. The maximum atomic E-state index is 12.7. The highest BCUT2D eigenvalue weighted by molar-refractivity contribution is 5.89. The van der Waals surface area contributed by atoms with Crippen molar-refractivity contribution in [3.8, 4) is 5.75 Å². The Bertz CT molecular complexity index is 1030. The van der Waals surface area contributed by atoms with E-state index < -0.39 is 77.9 Å². The van der Waals surface area contributed by atoms with E-state index in [2.05, 4.69) is 0 Å². The minimum atomic E-state index is -1.64. The maximum Gasteiger partial charge on any atom is 0.338 e. The highest BCUT2D eigenvalue weighted by atomic mass is 16.8. The van der Waals surface area contributed by atoms with Gasteiger partial charge in [0.1, 0.15) is 48.0 Å². The molecule has 3 aliphatic carbocycles. The van der Waals surface area contributed by atoms with Crippen molar-refractivity contribution >= 4 is 5.97 Å². The monoisotopic (exact) mass is 496 g/mol. The molecule has 3 saturated carbocycles. The van der Waals surface area contributed by atoms with Crippen molar-refractivity contribution in [2.45, 2.75) is 73.8 Å². The predicted molar refractivity (Wildman–Crippen MR) is 110 cm³/mol. The van der Waals surface area contributed by atoms with E-state index >= 15 is 0 Å². The van der Waals surface area contributed by atoms with Crippen molar-refractivity contribution in [3.63, 3.8) is 0 Å². The molecule has 7 fully saturated rings. The number of phenols is 1. The Hall–Kier alpha value is -1.87. The lowest BCUT2D eigenvalue weighted by atomic mass is 9.41. The molecule has 35 heavy (non-hydrogen) atoms. The van der Waals surface area contributed by atoms with E-state index in [4.69, 9.17) is 23.7 Å². The first-order valence-electron chi connectivity index (χ1n) is 11.5. The summed E-state index contributed by atoms with van der Waals surface area (Å²) < 4.78 is 29.6. The van der Waals surface area contributed by atoms with E-state index in [0.717, 1.165) is 0 Å². The van der Waals surface area contributed by atoms with Crippen molar-refractivity contribution in [3.05, 3.63) is 29.8 Å². The zero-order valence-electron chi connectivity index (χ0n) is 18.8. The normalized spacial score (nSPS) is 51.3. The first kappa shape index (κ1) is 23.5. The average Bonchev–Trinajstić information content (AvgIpc) is 3.00. The second-order valence-corrected chi connectivity index (χ2v) is 10.4. The minimum Gasteiger partial charge on any atom is -0.508 e. The third-order valence-electron chi connectivity index (χ3n) is 8.66. The number of hydrogen-bond donors (Lipinski definition) is 6. The molecule has 12 nitrogen and oxygen atoms in total. The van der Waals surface area contributed by atoms with Crippen molar-refractivity contribution in [2.75, 3.05) is 13.2 Å². The van der Waals surface area contributed by atoms with Crippen molar-refractivity contribution in [1.29, 1.82) is 0 Å². The lowest BCUT2D eigenvalue weighted by Crippen LogP contribution is -2.80. The number of hydrogen-bond acceptors (Lipinski definition) is 12. The van der Waals surface area contributed by atoms with Gasteiger partial charge in [0.25, 0.3) is 0 Å². The molecular weight excluding hydrogens is 468 g/mol. The Morgan fingerprint density at radius 1 is 1.11 bits per heavy atom. The number of aliphatic hydroxyl groups is 5. The fourth-order valence-corrected chi connectivity index (χ4v) is 6.90. The molecule has 4 heterocycles. The molecule has 0 unspecified atom stereocenters. The van der Waals surface area contributed by atoms with Crippen molar-refractivity contribution in [1.82, 2.24) is 0 Å². The van der Waals surface area contributed by atoms with E-state index in [1.807, 2.05) is 0 Å². The number of ether oxygens (including phenoxy) is 5. The summed E-state index contributed by atoms with van der Waals surface area (Å²) in [7, 11) is 0. The standard InChI is InChI=1S/C23H28O12/c1-20-8-22(30)13-6-23(20,33-18-16(28)15(27)14(26)12(7-24)32-18)21(13,19(34-20)35-22)9-31-17(29)10-2-4-11(25)5-3-10/h2-5,12-16,18-19,24-28,30H,6-9H2,1H3/t12-,13-,14-,15+,16-,18+,19-,20+,21+,22-,23+/m1/s1. The molecule has 1 aromatic carbocycles. The van der Waals surface area contributed by atoms with E-state index in [1.165, 1.54) is 24.3 Å². The van der Waals surface area contributed by atoms with Crippen LogP contribution in [0.1, 0.15) is 30.1 Å². The van der Waals surface area contributed by atoms with Crippen LogP contribution < -0.4 is 0 Å². The smallest absolute Gasteiger partial charge is 0.338 e. The second kappa shape index (κ2) is 7.34. The van der Waals surface area contributed by atoms with Crippen LogP contribution in [0.15, 0.2) is 24.3 Å². The molecule has 192 valence electrons. The van der Waals surface area contributed by atoms with Crippen molar-refractivity contribution in [2.24, 2.45) is 11.3 Å². The van der Waals surface area contributed by atoms with Crippen LogP contribution in [0.3, 0.4) is 0 Å². The molecule has 8 rings (SSSR count). The van der Waals surface area contributed by atoms with Gasteiger partial charge in [-0.05, 0) is 37.6 Å². The Morgan fingerprint density at radius 3 is 2.51 bits per heavy atom. The quantitative estimate of drug-likeness (QED) is 0.247. The zero-order valence-corrected chi connectivity index (χ0v) is 18.8. The Kier molecular flexibility index (Phi) is 4.93. The maximum absolute atomic E-state index is 12.7. The van der Waals surface area contributed by atoms with Gasteiger partial charge in [-0.2, -0.15) is 0 Å². The van der Waals surface area contributed by atoms with Gasteiger partial charge < -0.3 is 54.3 Å². The molecule has 6 N–H and O–H groups in total. The average molecular weight is 496 g/mol. The third-order valence-corrected chi connectivity index (χ3v) is 8.66. The summed E-state index contributed by atoms with van der Waals surface area (Å²) in [5, 5.41) is 61.2. The Labute approximate surface area is 199 Å². The Balaban J connectivity index is 1.31. The van der Waals surface area contributed by atoms with Crippen LogP contribution in [-0.4, -0.2) is 104 Å². The molecule has 0 spiro atoms. The molecular formula is C23H28O12. The van der Waals surface area contributed by atoms with E-state index in [9.17, 15) is 35.4 Å². The molecule has 0 aromatic heterocycles. The number of aromatic hydroxyl groups is 1. The summed E-state index contributed by atoms with van der Waals surface area (Å²) in [6.07, 6.45) is -8.10. The molecule has 11 atom stereocenters. The fraction of sp³-hybridized carbons (Fsp3) is 0.696. The first-order chi connectivity index (χ1) is 16.5. The number of phenolic OH excluding ortho intramolecular Hbond substituents is 1. The SMILES string of the molecule is C[C@@]12C[C@@]3(O)O[C@@H](O1)[C@]1(COC(=O)c4ccc(O)cc4)[C@H]3C[C@@]12O[C@@H]1O[C@H](CO)[C@@H](O)[C@H](O)[C@H]1O. The summed E-state index contributed by atoms with van der Waals surface area (Å²) in [4.78, 5) is 12.7. The molecule has 4 aliphatic heterocycles. The molecule has 12 heteroatoms. The highest BCUT2D eigenvalue weighted by Gasteiger charge is 2.94. The number of carbonyl (C=O) groups excluding carboxylic acids is 1.